The summed E-state index contributed by atoms with van der Waals surface area (Å²) in [6, 6.07) is 7.69. The van der Waals surface area contributed by atoms with Gasteiger partial charge in [-0.3, -0.25) is 0 Å². The van der Waals surface area contributed by atoms with Crippen LogP contribution >= 0.6 is 124 Å². The zero-order chi connectivity index (χ0) is 23.4. The molecule has 0 nitrogen and oxygen atoms in total. The molecule has 7 rings (SSSR count). The van der Waals surface area contributed by atoms with Crippen molar-refractivity contribution in [3.05, 3.63) is 64.9 Å². The summed E-state index contributed by atoms with van der Waals surface area (Å²) in [7, 11) is 0. The average Bonchev–Trinajstić information content (AvgIpc) is 3.58. The Morgan fingerprint density at radius 1 is 0.758 bits per heavy atom. The largest absolute Gasteiger partial charge is 0.301 e. The van der Waals surface area contributed by atoms with Crippen LogP contribution in [0.2, 0.25) is 0 Å². The first kappa shape index (κ1) is 25.5. The summed E-state index contributed by atoms with van der Waals surface area (Å²) in [6.45, 7) is 0. The van der Waals surface area contributed by atoms with Crippen LogP contribution in [0.5, 0.6) is 0 Å². The Morgan fingerprint density at radius 2 is 1.18 bits per heavy atom. The van der Waals surface area contributed by atoms with E-state index in [0.717, 1.165) is 7.57 Å². The molecular formula is C21H12Br2Cl2F2S6. The van der Waals surface area contributed by atoms with Gasteiger partial charge in [0.25, 0.3) is 0 Å². The highest BCUT2D eigenvalue weighted by molar-refractivity contribution is 9.11. The molecule has 1 fully saturated rings. The van der Waals surface area contributed by atoms with E-state index in [4.69, 9.17) is 23.2 Å². The number of halogens is 6. The molecule has 2 aliphatic carbocycles. The number of thioether (sulfide) groups is 2. The summed E-state index contributed by atoms with van der Waals surface area (Å²) < 4.78 is 29.6. The van der Waals surface area contributed by atoms with Gasteiger partial charge in [0, 0.05) is 33.8 Å². The number of hydrogen-bond donors (Lipinski definition) is 0. The summed E-state index contributed by atoms with van der Waals surface area (Å²) in [5.74, 6) is -0.264. The van der Waals surface area contributed by atoms with E-state index in [1.54, 1.807) is 11.1 Å². The molecule has 0 saturated carbocycles. The van der Waals surface area contributed by atoms with Crippen LogP contribution in [0.3, 0.4) is 0 Å². The first-order valence-electron chi connectivity index (χ1n) is 9.37. The fourth-order valence-electron chi connectivity index (χ4n) is 4.03. The van der Waals surface area contributed by atoms with Gasteiger partial charge in [0.05, 0.1) is 32.4 Å². The molecule has 33 heavy (non-hydrogen) atoms. The number of hydrogen-bond acceptors (Lipinski definition) is 6. The average molecular weight is 725 g/mol. The van der Waals surface area contributed by atoms with Crippen molar-refractivity contribution in [2.24, 2.45) is 0 Å². The Morgan fingerprint density at radius 3 is 1.61 bits per heavy atom. The van der Waals surface area contributed by atoms with Crippen molar-refractivity contribution in [3.63, 3.8) is 0 Å². The minimum atomic E-state index is -2.84. The van der Waals surface area contributed by atoms with Crippen molar-refractivity contribution in [1.29, 1.82) is 0 Å². The van der Waals surface area contributed by atoms with Crippen LogP contribution < -0.4 is 0 Å². The van der Waals surface area contributed by atoms with Gasteiger partial charge < -0.3 is 0 Å². The lowest BCUT2D eigenvalue weighted by Crippen LogP contribution is -2.10. The maximum atomic E-state index is 13.9. The molecule has 0 unspecified atom stereocenters. The fourth-order valence-corrected chi connectivity index (χ4v) is 13.2. The van der Waals surface area contributed by atoms with E-state index in [9.17, 15) is 8.78 Å². The van der Waals surface area contributed by atoms with Crippen molar-refractivity contribution in [2.75, 3.05) is 16.8 Å². The molecule has 3 aliphatic rings. The molecule has 4 aromatic heterocycles. The Kier molecular flexibility index (Phi) is 7.73. The molecule has 1 saturated heterocycles. The third-order valence-electron chi connectivity index (χ3n) is 5.23. The number of alkyl halides is 4. The molecule has 0 aromatic carbocycles. The number of thiophene rings is 4. The molecular weight excluding hydrogens is 713 g/mol. The van der Waals surface area contributed by atoms with Gasteiger partial charge in [0.15, 0.2) is 0 Å². The van der Waals surface area contributed by atoms with Crippen LogP contribution in [-0.4, -0.2) is 16.8 Å². The molecule has 1 aliphatic heterocycles. The molecule has 0 bridgehead atoms. The first-order chi connectivity index (χ1) is 15.8. The van der Waals surface area contributed by atoms with Gasteiger partial charge >= 0.3 is 5.92 Å². The van der Waals surface area contributed by atoms with Gasteiger partial charge in [-0.2, -0.15) is 8.78 Å². The van der Waals surface area contributed by atoms with E-state index in [1.165, 1.54) is 56.1 Å². The zero-order valence-corrected chi connectivity index (χ0v) is 25.9. The fraction of sp³-hybridized carbons (Fsp3) is 0.238. The predicted octanol–water partition coefficient (Wildman–Crippen LogP) is 11.3. The highest BCUT2D eigenvalue weighted by atomic mass is 79.9. The van der Waals surface area contributed by atoms with E-state index in [2.05, 4.69) is 78.3 Å². The van der Waals surface area contributed by atoms with Crippen molar-refractivity contribution in [3.8, 4) is 19.5 Å². The molecule has 0 amide bonds. The van der Waals surface area contributed by atoms with E-state index in [-0.39, 0.29) is 20.5 Å². The van der Waals surface area contributed by atoms with Crippen molar-refractivity contribution in [1.82, 2.24) is 0 Å². The number of rotatable bonds is 0. The smallest absolute Gasteiger partial charge is 0.196 e. The Balaban J connectivity index is 0.000000124. The van der Waals surface area contributed by atoms with Crippen molar-refractivity contribution in [2.45, 2.75) is 10.0 Å². The topological polar surface area (TPSA) is 0 Å². The van der Waals surface area contributed by atoms with E-state index in [0.29, 0.717) is 9.75 Å². The first-order valence-corrected chi connectivity index (χ1v) is 17.4. The Bertz CT molecular complexity index is 1210. The SMILES string of the molecule is ClCCl.FC1(F)c2cc(Br)sc2-c2sc(Br)cc21.c1cc2c(s1)-c1sccc1C21SCCS1. The maximum absolute atomic E-state index is 13.9. The van der Waals surface area contributed by atoms with Crippen LogP contribution in [0, 0.1) is 0 Å². The second-order valence-electron chi connectivity index (χ2n) is 6.90. The molecule has 5 heterocycles. The van der Waals surface area contributed by atoms with Crippen molar-refractivity contribution >= 4 is 124 Å². The van der Waals surface area contributed by atoms with Gasteiger partial charge in [0.2, 0.25) is 0 Å². The van der Waals surface area contributed by atoms with Gasteiger partial charge in [-0.25, -0.2) is 0 Å². The van der Waals surface area contributed by atoms with E-state index < -0.39 is 5.92 Å². The van der Waals surface area contributed by atoms with Crippen molar-refractivity contribution < 1.29 is 8.78 Å². The second-order valence-corrected chi connectivity index (χ2v) is 17.3. The lowest BCUT2D eigenvalue weighted by molar-refractivity contribution is 0.0484. The third kappa shape index (κ3) is 4.26. The highest BCUT2D eigenvalue weighted by Gasteiger charge is 2.48. The van der Waals surface area contributed by atoms with Gasteiger partial charge in [-0.05, 0) is 66.9 Å². The van der Waals surface area contributed by atoms with Crippen LogP contribution in [-0.2, 0) is 10.0 Å². The normalized spacial score (nSPS) is 17.5. The Labute approximate surface area is 241 Å². The van der Waals surface area contributed by atoms with Crippen LogP contribution in [0.1, 0.15) is 22.3 Å². The molecule has 0 N–H and O–H groups in total. The quantitative estimate of drug-likeness (QED) is 0.166. The minimum absolute atomic E-state index is 0.133. The standard InChI is InChI=1S/C11H8S4.C9H2Br2F2S2.CH2Cl2/c1-3-12-9-7(1)11(14-5-6-15-11)8-2-4-13-10(8)9;10-5-1-3-7(14-5)8-4(9(3,12)13)2-6(11)15-8;2-1-3/h1-4H,5-6H2;1-2H;1H2. The lowest BCUT2D eigenvalue weighted by Gasteiger charge is -2.22. The van der Waals surface area contributed by atoms with E-state index in [1.807, 2.05) is 22.7 Å². The summed E-state index contributed by atoms with van der Waals surface area (Å²) in [6.07, 6.45) is 0. The highest BCUT2D eigenvalue weighted by Crippen LogP contribution is 2.66. The molecule has 12 heteroatoms. The third-order valence-corrected chi connectivity index (χ3v) is 14.1. The monoisotopic (exact) mass is 722 g/mol. The zero-order valence-electron chi connectivity index (χ0n) is 16.3. The Hall–Kier alpha value is 0.900. The second kappa shape index (κ2) is 9.99. The van der Waals surface area contributed by atoms with Crippen LogP contribution in [0.4, 0.5) is 8.78 Å². The summed E-state index contributed by atoms with van der Waals surface area (Å²) in [4.78, 5) is 4.44. The molecule has 174 valence electrons. The molecule has 1 spiro atoms. The molecule has 0 atom stereocenters. The van der Waals surface area contributed by atoms with Gasteiger partial charge in [0.1, 0.15) is 4.08 Å². The summed E-state index contributed by atoms with van der Waals surface area (Å²) in [5.41, 5.74) is 3.41. The molecule has 4 aromatic rings. The van der Waals surface area contributed by atoms with Gasteiger partial charge in [-0.15, -0.1) is 92.1 Å². The van der Waals surface area contributed by atoms with Gasteiger partial charge in [-0.1, -0.05) is 0 Å². The lowest BCUT2D eigenvalue weighted by atomic mass is 10.1. The minimum Gasteiger partial charge on any atom is -0.196 e. The predicted molar refractivity (Wildman–Crippen MR) is 156 cm³/mol. The molecule has 0 radical (unpaired) electrons. The van der Waals surface area contributed by atoms with Crippen LogP contribution in [0.25, 0.3) is 19.5 Å². The van der Waals surface area contributed by atoms with Crippen LogP contribution in [0.15, 0.2) is 42.6 Å². The summed E-state index contributed by atoms with van der Waals surface area (Å²) >= 11 is 26.8. The van der Waals surface area contributed by atoms with E-state index >= 15 is 0 Å². The number of fused-ring (bicyclic) bond motifs is 8. The maximum Gasteiger partial charge on any atom is 0.301 e. The summed E-state index contributed by atoms with van der Waals surface area (Å²) in [5, 5.41) is 4.68.